The second-order valence-electron chi connectivity index (χ2n) is 4.29. The Morgan fingerprint density at radius 2 is 1.82 bits per heavy atom. The van der Waals surface area contributed by atoms with Gasteiger partial charge in [0.05, 0.1) is 4.92 Å². The summed E-state index contributed by atoms with van der Waals surface area (Å²) in [6.07, 6.45) is 0. The van der Waals surface area contributed by atoms with E-state index >= 15 is 0 Å². The summed E-state index contributed by atoms with van der Waals surface area (Å²) in [4.78, 5) is 9.46. The van der Waals surface area contributed by atoms with E-state index in [1.54, 1.807) is 0 Å². The van der Waals surface area contributed by atoms with Crippen LogP contribution in [-0.4, -0.2) is 13.3 Å². The summed E-state index contributed by atoms with van der Waals surface area (Å²) >= 11 is 0. The molecule has 0 radical (unpaired) electrons. The molecule has 0 bridgehead atoms. The van der Waals surface area contributed by atoms with Gasteiger partial charge in [-0.05, 0) is 24.3 Å². The zero-order valence-corrected chi connectivity index (χ0v) is 11.8. The van der Waals surface area contributed by atoms with Crippen LogP contribution in [0.4, 0.5) is 14.5 Å². The number of nitrogens with zero attached hydrogens (tertiary/aromatic N) is 1. The van der Waals surface area contributed by atoms with Gasteiger partial charge < -0.3 is 0 Å². The largest absolute Gasteiger partial charge is 0.289 e. The minimum atomic E-state index is -4.24. The Hall–Kier alpha value is -2.39. The van der Waals surface area contributed by atoms with Crippen LogP contribution >= 0.6 is 0 Å². The SMILES string of the molecule is O=[N+]([O-])c1ccccc1S(=O)(=O)NCc1cc(F)ccc1F. The summed E-state index contributed by atoms with van der Waals surface area (Å²) in [5.41, 5.74) is -0.808. The second kappa shape index (κ2) is 6.16. The van der Waals surface area contributed by atoms with Crippen LogP contribution in [0.15, 0.2) is 47.4 Å². The quantitative estimate of drug-likeness (QED) is 0.674. The van der Waals surface area contributed by atoms with E-state index in [0.717, 1.165) is 30.3 Å². The molecule has 6 nitrogen and oxygen atoms in total. The number of para-hydroxylation sites is 1. The number of sulfonamides is 1. The summed E-state index contributed by atoms with van der Waals surface area (Å²) < 4.78 is 52.7. The maximum atomic E-state index is 13.4. The number of benzene rings is 2. The number of halogens is 2. The zero-order chi connectivity index (χ0) is 16.3. The van der Waals surface area contributed by atoms with Gasteiger partial charge in [0.15, 0.2) is 4.90 Å². The molecule has 2 aromatic rings. The van der Waals surface area contributed by atoms with Crippen LogP contribution < -0.4 is 4.72 Å². The van der Waals surface area contributed by atoms with E-state index in [2.05, 4.69) is 0 Å². The highest BCUT2D eigenvalue weighted by molar-refractivity contribution is 7.89. The summed E-state index contributed by atoms with van der Waals surface area (Å²) in [6, 6.07) is 7.35. The topological polar surface area (TPSA) is 89.3 Å². The van der Waals surface area contributed by atoms with E-state index < -0.39 is 43.7 Å². The van der Waals surface area contributed by atoms with E-state index in [1.807, 2.05) is 4.72 Å². The highest BCUT2D eigenvalue weighted by atomic mass is 32.2. The molecule has 2 aromatic carbocycles. The van der Waals surface area contributed by atoms with Crippen molar-refractivity contribution in [3.8, 4) is 0 Å². The van der Waals surface area contributed by atoms with Crippen LogP contribution in [-0.2, 0) is 16.6 Å². The Kier molecular flexibility index (Phi) is 4.48. The average Bonchev–Trinajstić information content (AvgIpc) is 2.48. The van der Waals surface area contributed by atoms with Crippen molar-refractivity contribution in [3.63, 3.8) is 0 Å². The van der Waals surface area contributed by atoms with E-state index in [-0.39, 0.29) is 5.56 Å². The predicted octanol–water partition coefficient (Wildman–Crippen LogP) is 2.35. The first-order valence-corrected chi connectivity index (χ1v) is 7.46. The van der Waals surface area contributed by atoms with E-state index in [9.17, 15) is 27.3 Å². The van der Waals surface area contributed by atoms with Crippen molar-refractivity contribution in [2.24, 2.45) is 0 Å². The van der Waals surface area contributed by atoms with Crippen LogP contribution in [0.2, 0.25) is 0 Å². The van der Waals surface area contributed by atoms with Gasteiger partial charge >= 0.3 is 0 Å². The Morgan fingerprint density at radius 1 is 1.14 bits per heavy atom. The zero-order valence-electron chi connectivity index (χ0n) is 11.0. The first-order chi connectivity index (χ1) is 10.3. The minimum absolute atomic E-state index is 0.206. The number of nitro groups is 1. The average molecular weight is 328 g/mol. The normalized spacial score (nSPS) is 11.4. The standard InChI is InChI=1S/C13H10F2N2O4S/c14-10-5-6-11(15)9(7-10)8-16-22(20,21)13-4-2-1-3-12(13)17(18)19/h1-7,16H,8H2. The van der Waals surface area contributed by atoms with Crippen molar-refractivity contribution in [1.29, 1.82) is 0 Å². The summed E-state index contributed by atoms with van der Waals surface area (Å²) in [5, 5.41) is 10.8. The lowest BCUT2D eigenvalue weighted by molar-refractivity contribution is -0.387. The molecule has 0 saturated heterocycles. The number of nitrogens with one attached hydrogen (secondary N) is 1. The molecule has 0 spiro atoms. The Morgan fingerprint density at radius 3 is 2.50 bits per heavy atom. The van der Waals surface area contributed by atoms with Gasteiger partial charge in [-0.15, -0.1) is 0 Å². The molecule has 0 atom stereocenters. The Labute approximate surface area is 124 Å². The highest BCUT2D eigenvalue weighted by Crippen LogP contribution is 2.23. The maximum Gasteiger partial charge on any atom is 0.289 e. The lowest BCUT2D eigenvalue weighted by atomic mass is 10.2. The molecule has 22 heavy (non-hydrogen) atoms. The number of rotatable bonds is 5. The molecule has 1 N–H and O–H groups in total. The van der Waals surface area contributed by atoms with Crippen molar-refractivity contribution in [2.45, 2.75) is 11.4 Å². The molecule has 0 saturated carbocycles. The highest BCUT2D eigenvalue weighted by Gasteiger charge is 2.25. The fraction of sp³-hybridized carbons (Fsp3) is 0.0769. The van der Waals surface area contributed by atoms with Crippen molar-refractivity contribution in [2.75, 3.05) is 0 Å². The third-order valence-electron chi connectivity index (χ3n) is 2.81. The molecular weight excluding hydrogens is 318 g/mol. The van der Waals surface area contributed by atoms with Crippen LogP contribution in [0.1, 0.15) is 5.56 Å². The molecule has 116 valence electrons. The van der Waals surface area contributed by atoms with Gasteiger partial charge in [0.1, 0.15) is 11.6 Å². The fourth-order valence-electron chi connectivity index (χ4n) is 1.76. The molecule has 0 aliphatic rings. The third-order valence-corrected chi connectivity index (χ3v) is 4.26. The summed E-state index contributed by atoms with van der Waals surface area (Å²) in [5.74, 6) is -1.51. The van der Waals surface area contributed by atoms with Gasteiger partial charge in [-0.2, -0.15) is 0 Å². The van der Waals surface area contributed by atoms with Crippen LogP contribution in [0.25, 0.3) is 0 Å². The van der Waals surface area contributed by atoms with Crippen molar-refractivity contribution < 1.29 is 22.1 Å². The lowest BCUT2D eigenvalue weighted by Crippen LogP contribution is -2.24. The van der Waals surface area contributed by atoms with Gasteiger partial charge in [0.25, 0.3) is 5.69 Å². The Bertz CT molecular complexity index is 825. The molecule has 0 heterocycles. The number of hydrogen-bond donors (Lipinski definition) is 1. The monoisotopic (exact) mass is 328 g/mol. The number of nitro benzene ring substituents is 1. The van der Waals surface area contributed by atoms with E-state index in [0.29, 0.717) is 0 Å². The van der Waals surface area contributed by atoms with Crippen molar-refractivity contribution in [1.82, 2.24) is 4.72 Å². The predicted molar refractivity (Wildman–Crippen MR) is 73.5 cm³/mol. The molecule has 0 aliphatic carbocycles. The van der Waals surface area contributed by atoms with Crippen LogP contribution in [0.5, 0.6) is 0 Å². The first kappa shape index (κ1) is 16.0. The number of hydrogen-bond acceptors (Lipinski definition) is 4. The van der Waals surface area contributed by atoms with Gasteiger partial charge in [-0.1, -0.05) is 12.1 Å². The third kappa shape index (κ3) is 3.43. The van der Waals surface area contributed by atoms with Crippen molar-refractivity contribution in [3.05, 3.63) is 69.8 Å². The fourth-order valence-corrected chi connectivity index (χ4v) is 2.94. The minimum Gasteiger partial charge on any atom is -0.258 e. The van der Waals surface area contributed by atoms with Gasteiger partial charge in [0.2, 0.25) is 10.0 Å². The van der Waals surface area contributed by atoms with Gasteiger partial charge in [-0.3, -0.25) is 10.1 Å². The molecule has 0 unspecified atom stereocenters. The molecular formula is C13H10F2N2O4S. The van der Waals surface area contributed by atoms with E-state index in [1.165, 1.54) is 12.1 Å². The molecule has 0 fully saturated rings. The molecule has 0 amide bonds. The summed E-state index contributed by atoms with van der Waals surface area (Å²) in [6.45, 7) is -0.530. The molecule has 0 aliphatic heterocycles. The van der Waals surface area contributed by atoms with Crippen LogP contribution in [0, 0.1) is 21.7 Å². The second-order valence-corrected chi connectivity index (χ2v) is 6.02. The van der Waals surface area contributed by atoms with Crippen LogP contribution in [0.3, 0.4) is 0 Å². The molecule has 9 heteroatoms. The van der Waals surface area contributed by atoms with E-state index in [4.69, 9.17) is 0 Å². The van der Waals surface area contributed by atoms with Crippen molar-refractivity contribution >= 4 is 15.7 Å². The van der Waals surface area contributed by atoms with Gasteiger partial charge in [0, 0.05) is 18.2 Å². The molecule has 2 rings (SSSR count). The molecule has 0 aromatic heterocycles. The van der Waals surface area contributed by atoms with Gasteiger partial charge in [-0.25, -0.2) is 21.9 Å². The summed E-state index contributed by atoms with van der Waals surface area (Å²) in [7, 11) is -4.24. The Balaban J connectivity index is 2.29. The smallest absolute Gasteiger partial charge is 0.258 e. The first-order valence-electron chi connectivity index (χ1n) is 5.98. The lowest BCUT2D eigenvalue weighted by Gasteiger charge is -2.08. The maximum absolute atomic E-state index is 13.4.